The van der Waals surface area contributed by atoms with Gasteiger partial charge in [-0.3, -0.25) is 19.6 Å². The van der Waals surface area contributed by atoms with Crippen LogP contribution in [0.4, 0.5) is 5.69 Å². The van der Waals surface area contributed by atoms with Crippen LogP contribution in [-0.2, 0) is 0 Å². The van der Waals surface area contributed by atoms with Gasteiger partial charge in [-0.25, -0.2) is 15.0 Å². The van der Waals surface area contributed by atoms with Gasteiger partial charge >= 0.3 is 0 Å². The zero-order chi connectivity index (χ0) is 22.1. The van der Waals surface area contributed by atoms with Crippen molar-refractivity contribution >= 4 is 23.0 Å². The van der Waals surface area contributed by atoms with E-state index < -0.39 is 5.78 Å². The summed E-state index contributed by atoms with van der Waals surface area (Å²) in [5.41, 5.74) is 3.75. The van der Waals surface area contributed by atoms with E-state index in [2.05, 4.69) is 24.9 Å². The monoisotopic (exact) mass is 419 g/mol. The van der Waals surface area contributed by atoms with E-state index in [9.17, 15) is 9.59 Å². The number of hydrogen-bond donors (Lipinski definition) is 0. The minimum absolute atomic E-state index is 0.00699. The Labute approximate surface area is 184 Å². The second-order valence-electron chi connectivity index (χ2n) is 7.37. The molecule has 0 aliphatic heterocycles. The minimum atomic E-state index is -0.405. The maximum Gasteiger partial charge on any atom is 0.228 e. The van der Waals surface area contributed by atoms with Gasteiger partial charge in [0.05, 0.1) is 29.2 Å². The number of aromatic nitrogens is 4. The maximum absolute atomic E-state index is 13.2. The molecule has 0 bridgehead atoms. The van der Waals surface area contributed by atoms with Crippen molar-refractivity contribution in [3.8, 4) is 22.8 Å². The molecule has 3 heterocycles. The summed E-state index contributed by atoms with van der Waals surface area (Å²) < 4.78 is 0. The first-order chi connectivity index (χ1) is 15.6. The number of carbonyl (C=O) groups is 2. The predicted molar refractivity (Wildman–Crippen MR) is 120 cm³/mol. The normalized spacial score (nSPS) is 14.5. The first kappa shape index (κ1) is 19.6. The number of nitrogens with zero attached hydrogens (tertiary/aromatic N) is 5. The van der Waals surface area contributed by atoms with Crippen LogP contribution in [0.2, 0.25) is 0 Å². The number of hydrogen-bond acceptors (Lipinski definition) is 7. The van der Waals surface area contributed by atoms with Crippen LogP contribution in [0.25, 0.3) is 22.8 Å². The molecule has 7 heteroatoms. The van der Waals surface area contributed by atoms with Gasteiger partial charge in [0.15, 0.2) is 5.78 Å². The van der Waals surface area contributed by atoms with Crippen molar-refractivity contribution in [1.29, 1.82) is 0 Å². The summed E-state index contributed by atoms with van der Waals surface area (Å²) in [4.78, 5) is 48.5. The van der Waals surface area contributed by atoms with Gasteiger partial charge in [0.2, 0.25) is 5.78 Å². The van der Waals surface area contributed by atoms with Gasteiger partial charge in [-0.05, 0) is 43.3 Å². The summed E-state index contributed by atoms with van der Waals surface area (Å²) >= 11 is 0. The van der Waals surface area contributed by atoms with Gasteiger partial charge in [-0.15, -0.1) is 0 Å². The maximum atomic E-state index is 13.2. The van der Waals surface area contributed by atoms with E-state index in [-0.39, 0.29) is 29.3 Å². The Morgan fingerprint density at radius 3 is 1.88 bits per heavy atom. The molecule has 0 unspecified atom stereocenters. The Morgan fingerprint density at radius 1 is 0.719 bits per heavy atom. The molecule has 154 valence electrons. The lowest BCUT2D eigenvalue weighted by Crippen LogP contribution is -2.30. The Hall–Kier alpha value is -4.39. The summed E-state index contributed by atoms with van der Waals surface area (Å²) in [6.07, 6.45) is 3.15. The zero-order valence-electron chi connectivity index (χ0n) is 17.2. The third-order valence-electron chi connectivity index (χ3n) is 5.08. The van der Waals surface area contributed by atoms with Crippen molar-refractivity contribution in [3.05, 3.63) is 90.0 Å². The van der Waals surface area contributed by atoms with Crippen LogP contribution >= 0.6 is 0 Å². The number of Topliss-reactive ketones (excluding diaryl/α,β-unsaturated/α-hetero) is 2. The van der Waals surface area contributed by atoms with Gasteiger partial charge in [-0.1, -0.05) is 29.8 Å². The van der Waals surface area contributed by atoms with Gasteiger partial charge < -0.3 is 0 Å². The molecular formula is C25H17N5O2. The minimum Gasteiger partial charge on any atom is -0.292 e. The fourth-order valence-electron chi connectivity index (χ4n) is 3.47. The molecule has 7 nitrogen and oxygen atoms in total. The van der Waals surface area contributed by atoms with E-state index in [0.717, 1.165) is 5.56 Å². The first-order valence-electron chi connectivity index (χ1n) is 10.1. The molecule has 0 saturated heterocycles. The first-order valence-corrected chi connectivity index (χ1v) is 10.1. The van der Waals surface area contributed by atoms with E-state index in [0.29, 0.717) is 28.5 Å². The topological polar surface area (TPSA) is 98.1 Å². The summed E-state index contributed by atoms with van der Waals surface area (Å²) in [5.74, 6) is -0.708. The molecule has 1 aliphatic carbocycles. The summed E-state index contributed by atoms with van der Waals surface area (Å²) in [5, 5.41) is 0. The highest BCUT2D eigenvalue weighted by molar-refractivity contribution is 6.52. The highest BCUT2D eigenvalue weighted by Gasteiger charge is 2.34. The van der Waals surface area contributed by atoms with Crippen LogP contribution in [0.3, 0.4) is 0 Å². The van der Waals surface area contributed by atoms with Gasteiger partial charge in [-0.2, -0.15) is 0 Å². The van der Waals surface area contributed by atoms with Gasteiger partial charge in [0, 0.05) is 12.4 Å². The van der Waals surface area contributed by atoms with Crippen molar-refractivity contribution in [3.63, 3.8) is 0 Å². The number of aliphatic imine (C=N–C) groups is 1. The molecule has 0 radical (unpaired) electrons. The third-order valence-corrected chi connectivity index (χ3v) is 5.08. The molecule has 32 heavy (non-hydrogen) atoms. The van der Waals surface area contributed by atoms with Crippen LogP contribution in [-0.4, -0.2) is 37.2 Å². The number of benzene rings is 1. The fraction of sp³-hybridized carbons (Fsp3) is 0.0800. The summed E-state index contributed by atoms with van der Waals surface area (Å²) in [7, 11) is 0. The Kier molecular flexibility index (Phi) is 4.91. The standard InChI is InChI=1S/C25H17N5O2/c1-15-8-10-16(11-9-15)28-19-14-20(31)23-24(25(19)32)30-22(18-7-3-5-13-27-18)21(29-23)17-6-2-4-12-26-17/h2-13H,14H2,1H3. The quantitative estimate of drug-likeness (QED) is 0.487. The lowest BCUT2D eigenvalue weighted by atomic mass is 9.94. The third kappa shape index (κ3) is 3.60. The SMILES string of the molecule is Cc1ccc(N=C2CC(=O)c3nc(-c4ccccn4)c(-c4ccccn4)nc3C2=O)cc1. The van der Waals surface area contributed by atoms with E-state index in [1.54, 1.807) is 36.7 Å². The lowest BCUT2D eigenvalue weighted by molar-refractivity contribution is 0.0957. The molecule has 0 spiro atoms. The van der Waals surface area contributed by atoms with Crippen LogP contribution in [0.1, 0.15) is 33.0 Å². The Balaban J connectivity index is 1.68. The zero-order valence-corrected chi connectivity index (χ0v) is 17.2. The van der Waals surface area contributed by atoms with Crippen molar-refractivity contribution in [2.75, 3.05) is 0 Å². The molecule has 0 saturated carbocycles. The highest BCUT2D eigenvalue weighted by atomic mass is 16.1. The number of pyridine rings is 2. The Morgan fingerprint density at radius 2 is 1.31 bits per heavy atom. The molecule has 0 N–H and O–H groups in total. The van der Waals surface area contributed by atoms with Crippen molar-refractivity contribution in [1.82, 2.24) is 19.9 Å². The molecule has 0 amide bonds. The largest absolute Gasteiger partial charge is 0.292 e. The van der Waals surface area contributed by atoms with Crippen molar-refractivity contribution in [2.24, 2.45) is 4.99 Å². The smallest absolute Gasteiger partial charge is 0.228 e. The summed E-state index contributed by atoms with van der Waals surface area (Å²) in [6.45, 7) is 1.97. The van der Waals surface area contributed by atoms with E-state index in [1.807, 2.05) is 43.3 Å². The molecular weight excluding hydrogens is 402 g/mol. The average molecular weight is 419 g/mol. The molecule has 1 aromatic carbocycles. The number of ketones is 2. The van der Waals surface area contributed by atoms with Crippen LogP contribution < -0.4 is 0 Å². The fourth-order valence-corrected chi connectivity index (χ4v) is 3.47. The number of carbonyl (C=O) groups excluding carboxylic acids is 2. The second-order valence-corrected chi connectivity index (χ2v) is 7.37. The average Bonchev–Trinajstić information content (AvgIpc) is 2.84. The Bertz CT molecular complexity index is 1370. The molecule has 0 fully saturated rings. The molecule has 1 aliphatic rings. The van der Waals surface area contributed by atoms with Crippen LogP contribution in [0.15, 0.2) is 78.0 Å². The molecule has 4 aromatic rings. The van der Waals surface area contributed by atoms with Gasteiger partial charge in [0.1, 0.15) is 22.8 Å². The van der Waals surface area contributed by atoms with Crippen LogP contribution in [0, 0.1) is 6.92 Å². The number of fused-ring (bicyclic) bond motifs is 1. The van der Waals surface area contributed by atoms with Gasteiger partial charge in [0.25, 0.3) is 0 Å². The predicted octanol–water partition coefficient (Wildman–Crippen LogP) is 4.45. The molecule has 3 aromatic heterocycles. The van der Waals surface area contributed by atoms with E-state index in [4.69, 9.17) is 0 Å². The second kappa shape index (κ2) is 8.03. The van der Waals surface area contributed by atoms with E-state index >= 15 is 0 Å². The van der Waals surface area contributed by atoms with Crippen molar-refractivity contribution < 1.29 is 9.59 Å². The van der Waals surface area contributed by atoms with E-state index in [1.165, 1.54) is 0 Å². The summed E-state index contributed by atoms with van der Waals surface area (Å²) in [6, 6.07) is 18.2. The van der Waals surface area contributed by atoms with Crippen LogP contribution in [0.5, 0.6) is 0 Å². The number of rotatable bonds is 3. The molecule has 5 rings (SSSR count). The van der Waals surface area contributed by atoms with Crippen molar-refractivity contribution in [2.45, 2.75) is 13.3 Å². The number of aryl methyl sites for hydroxylation is 1. The highest BCUT2D eigenvalue weighted by Crippen LogP contribution is 2.30. The molecule has 0 atom stereocenters. The lowest BCUT2D eigenvalue weighted by Gasteiger charge is -2.17.